The van der Waals surface area contributed by atoms with Gasteiger partial charge in [-0.2, -0.15) is 0 Å². The summed E-state index contributed by atoms with van der Waals surface area (Å²) < 4.78 is 40.9. The second-order valence-corrected chi connectivity index (χ2v) is 9.73. The van der Waals surface area contributed by atoms with E-state index >= 15 is 0 Å². The van der Waals surface area contributed by atoms with Crippen LogP contribution >= 0.6 is 0 Å². The zero-order valence-electron chi connectivity index (χ0n) is 17.8. The molecule has 1 aliphatic rings. The maximum absolute atomic E-state index is 12.1. The van der Waals surface area contributed by atoms with E-state index in [1.807, 2.05) is 6.07 Å². The molecule has 3 aromatic rings. The monoisotopic (exact) mass is 456 g/mol. The number of rotatable bonds is 6. The van der Waals surface area contributed by atoms with Crippen LogP contribution in [0.25, 0.3) is 11.4 Å². The molecule has 1 fully saturated rings. The van der Waals surface area contributed by atoms with Crippen molar-refractivity contribution in [1.29, 1.82) is 0 Å². The van der Waals surface area contributed by atoms with Gasteiger partial charge < -0.3 is 19.2 Å². The van der Waals surface area contributed by atoms with Gasteiger partial charge in [-0.3, -0.25) is 4.79 Å². The first-order chi connectivity index (χ1) is 15.3. The Morgan fingerprint density at radius 2 is 1.72 bits per heavy atom. The fourth-order valence-corrected chi connectivity index (χ4v) is 3.95. The van der Waals surface area contributed by atoms with E-state index in [0.717, 1.165) is 19.1 Å². The molecule has 0 unspecified atom stereocenters. The quantitative estimate of drug-likeness (QED) is 0.605. The van der Waals surface area contributed by atoms with Gasteiger partial charge in [-0.15, -0.1) is 0 Å². The zero-order chi connectivity index (χ0) is 22.7. The number of H-pyrrole nitrogens is 1. The average Bonchev–Trinajstić information content (AvgIpc) is 2.76. The van der Waals surface area contributed by atoms with E-state index in [1.165, 1.54) is 18.3 Å². The van der Waals surface area contributed by atoms with Crippen molar-refractivity contribution in [1.82, 2.24) is 9.97 Å². The van der Waals surface area contributed by atoms with Crippen molar-refractivity contribution in [3.63, 3.8) is 0 Å². The number of nitrogens with zero attached hydrogens (tertiary/aromatic N) is 1. The van der Waals surface area contributed by atoms with Crippen LogP contribution in [0.5, 0.6) is 17.2 Å². The Morgan fingerprint density at radius 3 is 2.38 bits per heavy atom. The van der Waals surface area contributed by atoms with E-state index in [9.17, 15) is 13.2 Å². The fourth-order valence-electron chi connectivity index (χ4n) is 3.32. The van der Waals surface area contributed by atoms with E-state index in [0.29, 0.717) is 47.4 Å². The highest BCUT2D eigenvalue weighted by molar-refractivity contribution is 7.90. The third-order valence-electron chi connectivity index (χ3n) is 5.09. The Morgan fingerprint density at radius 1 is 1.03 bits per heavy atom. The molecule has 32 heavy (non-hydrogen) atoms. The van der Waals surface area contributed by atoms with Crippen molar-refractivity contribution in [3.8, 4) is 28.6 Å². The Balaban J connectivity index is 1.67. The molecule has 2 aromatic carbocycles. The molecule has 4 rings (SSSR count). The standard InChI is InChI=1S/C23H24N2O6S/c1-15-14-24-22(25-23(15)26)16-11-19(13-20(12-16)31-18-7-9-29-10-8-18)30-17-3-5-21(6-4-17)32(2,27)28/h3-6,11-14,18H,7-10H2,1-2H3,(H,24,25,26). The summed E-state index contributed by atoms with van der Waals surface area (Å²) in [4.78, 5) is 19.4. The maximum atomic E-state index is 12.1. The lowest BCUT2D eigenvalue weighted by Crippen LogP contribution is -2.25. The van der Waals surface area contributed by atoms with Crippen LogP contribution in [-0.2, 0) is 14.6 Å². The Hall–Kier alpha value is -3.17. The first-order valence-electron chi connectivity index (χ1n) is 10.2. The van der Waals surface area contributed by atoms with Crippen LogP contribution in [0.4, 0.5) is 0 Å². The minimum atomic E-state index is -3.29. The van der Waals surface area contributed by atoms with Crippen LogP contribution in [0.2, 0.25) is 0 Å². The summed E-state index contributed by atoms with van der Waals surface area (Å²) in [6.07, 6.45) is 4.26. The van der Waals surface area contributed by atoms with Gasteiger partial charge in [0.15, 0.2) is 9.84 Å². The van der Waals surface area contributed by atoms with Crippen LogP contribution in [0.1, 0.15) is 18.4 Å². The predicted octanol–water partition coefficient (Wildman–Crippen LogP) is 3.50. The molecule has 0 bridgehead atoms. The Kier molecular flexibility index (Phi) is 6.29. The molecule has 0 saturated carbocycles. The minimum absolute atomic E-state index is 0.0194. The molecule has 0 atom stereocenters. The number of nitrogens with one attached hydrogen (secondary N) is 1. The molecule has 0 spiro atoms. The molecule has 0 amide bonds. The van der Waals surface area contributed by atoms with E-state index in [2.05, 4.69) is 9.97 Å². The molecular weight excluding hydrogens is 432 g/mol. The largest absolute Gasteiger partial charge is 0.490 e. The highest BCUT2D eigenvalue weighted by atomic mass is 32.2. The summed E-state index contributed by atoms with van der Waals surface area (Å²) in [5, 5.41) is 0. The summed E-state index contributed by atoms with van der Waals surface area (Å²) in [5.41, 5.74) is 0.935. The van der Waals surface area contributed by atoms with Crippen LogP contribution in [0.3, 0.4) is 0 Å². The fraction of sp³-hybridized carbons (Fsp3) is 0.304. The second kappa shape index (κ2) is 9.13. The van der Waals surface area contributed by atoms with Crippen molar-refractivity contribution in [2.24, 2.45) is 0 Å². The number of ether oxygens (including phenoxy) is 3. The highest BCUT2D eigenvalue weighted by Gasteiger charge is 2.17. The lowest BCUT2D eigenvalue weighted by molar-refractivity contribution is 0.0255. The molecule has 168 valence electrons. The molecule has 0 radical (unpaired) electrons. The predicted molar refractivity (Wildman–Crippen MR) is 119 cm³/mol. The lowest BCUT2D eigenvalue weighted by atomic mass is 10.1. The maximum Gasteiger partial charge on any atom is 0.254 e. The van der Waals surface area contributed by atoms with Gasteiger partial charge in [0.25, 0.3) is 5.56 Å². The SMILES string of the molecule is Cc1cnc(-c2cc(Oc3ccc(S(C)(=O)=O)cc3)cc(OC3CCOCC3)c2)[nH]c1=O. The summed E-state index contributed by atoms with van der Waals surface area (Å²) in [5.74, 6) is 1.92. The van der Waals surface area contributed by atoms with E-state index in [4.69, 9.17) is 14.2 Å². The number of hydrogen-bond donors (Lipinski definition) is 1. The average molecular weight is 457 g/mol. The second-order valence-electron chi connectivity index (χ2n) is 7.71. The van der Waals surface area contributed by atoms with Crippen LogP contribution in [0.15, 0.2) is 58.4 Å². The highest BCUT2D eigenvalue weighted by Crippen LogP contribution is 2.32. The van der Waals surface area contributed by atoms with Gasteiger partial charge in [0.1, 0.15) is 29.2 Å². The first kappa shape index (κ1) is 22.0. The molecule has 9 heteroatoms. The Bertz CT molecular complexity index is 1260. The summed E-state index contributed by atoms with van der Waals surface area (Å²) in [6.45, 7) is 2.98. The molecule has 0 aliphatic carbocycles. The van der Waals surface area contributed by atoms with Gasteiger partial charge in [0.2, 0.25) is 0 Å². The lowest BCUT2D eigenvalue weighted by Gasteiger charge is -2.24. The number of aromatic amines is 1. The molecule has 1 aliphatic heterocycles. The Labute approximate surface area is 186 Å². The molecule has 8 nitrogen and oxygen atoms in total. The van der Waals surface area contributed by atoms with Gasteiger partial charge in [0.05, 0.1) is 18.1 Å². The van der Waals surface area contributed by atoms with Crippen molar-refractivity contribution in [2.75, 3.05) is 19.5 Å². The van der Waals surface area contributed by atoms with E-state index in [1.54, 1.807) is 31.2 Å². The van der Waals surface area contributed by atoms with Gasteiger partial charge in [-0.25, -0.2) is 13.4 Å². The summed E-state index contributed by atoms with van der Waals surface area (Å²) >= 11 is 0. The number of aromatic nitrogens is 2. The van der Waals surface area contributed by atoms with Crippen LogP contribution in [-0.4, -0.2) is 44.0 Å². The van der Waals surface area contributed by atoms with Crippen LogP contribution < -0.4 is 15.0 Å². The van der Waals surface area contributed by atoms with Crippen LogP contribution in [0, 0.1) is 6.92 Å². The van der Waals surface area contributed by atoms with Crippen molar-refractivity contribution >= 4 is 9.84 Å². The molecule has 1 N–H and O–H groups in total. The normalized spacial score (nSPS) is 14.8. The molecule has 1 saturated heterocycles. The number of sulfone groups is 1. The smallest absolute Gasteiger partial charge is 0.254 e. The first-order valence-corrected chi connectivity index (χ1v) is 12.1. The number of aryl methyl sites for hydroxylation is 1. The third kappa shape index (κ3) is 5.35. The van der Waals surface area contributed by atoms with Gasteiger partial charge >= 0.3 is 0 Å². The summed E-state index contributed by atoms with van der Waals surface area (Å²) in [7, 11) is -3.29. The summed E-state index contributed by atoms with van der Waals surface area (Å²) in [6, 6.07) is 11.5. The van der Waals surface area contributed by atoms with Gasteiger partial charge in [-0.05, 0) is 43.3 Å². The van der Waals surface area contributed by atoms with Gasteiger partial charge in [-0.1, -0.05) is 0 Å². The number of hydrogen-bond acceptors (Lipinski definition) is 7. The third-order valence-corrected chi connectivity index (χ3v) is 6.22. The van der Waals surface area contributed by atoms with Crippen molar-refractivity contribution < 1.29 is 22.6 Å². The number of benzene rings is 2. The van der Waals surface area contributed by atoms with Crippen molar-refractivity contribution in [3.05, 3.63) is 64.6 Å². The molecule has 1 aromatic heterocycles. The molecule has 2 heterocycles. The molecular formula is C23H24N2O6S. The van der Waals surface area contributed by atoms with E-state index < -0.39 is 9.84 Å². The minimum Gasteiger partial charge on any atom is -0.490 e. The van der Waals surface area contributed by atoms with Gasteiger partial charge in [0, 0.05) is 42.5 Å². The van der Waals surface area contributed by atoms with Crippen molar-refractivity contribution in [2.45, 2.75) is 30.8 Å². The zero-order valence-corrected chi connectivity index (χ0v) is 18.6. The topological polar surface area (TPSA) is 108 Å². The van der Waals surface area contributed by atoms with E-state index in [-0.39, 0.29) is 16.6 Å².